The number of anilines is 1. The Kier molecular flexibility index (Phi) is 4.94. The highest BCUT2D eigenvalue weighted by Crippen LogP contribution is 2.24. The number of nitrogens with one attached hydrogen (secondary N) is 1. The van der Waals surface area contributed by atoms with Crippen LogP contribution < -0.4 is 10.5 Å². The number of rotatable bonds is 6. The second-order valence-electron chi connectivity index (χ2n) is 6.78. The zero-order valence-corrected chi connectivity index (χ0v) is 16.5. The van der Waals surface area contributed by atoms with Crippen LogP contribution in [0.3, 0.4) is 0 Å². The van der Waals surface area contributed by atoms with Crippen LogP contribution in [0, 0.1) is 6.92 Å². The predicted octanol–water partition coefficient (Wildman–Crippen LogP) is 2.56. The Balaban J connectivity index is 1.58. The summed E-state index contributed by atoms with van der Waals surface area (Å²) in [6.07, 6.45) is 1.55. The Morgan fingerprint density at radius 3 is 2.79 bits per heavy atom. The number of aryl methyl sites for hydroxylation is 1. The van der Waals surface area contributed by atoms with Crippen molar-refractivity contribution < 1.29 is 4.52 Å². The fraction of sp³-hybridized carbons (Fsp3) is 0.250. The summed E-state index contributed by atoms with van der Waals surface area (Å²) in [6, 6.07) is 11.5. The van der Waals surface area contributed by atoms with Gasteiger partial charge in [0.15, 0.2) is 11.6 Å². The summed E-state index contributed by atoms with van der Waals surface area (Å²) >= 11 is 0. The van der Waals surface area contributed by atoms with E-state index in [0.29, 0.717) is 30.4 Å². The van der Waals surface area contributed by atoms with Crippen LogP contribution in [0.1, 0.15) is 18.2 Å². The SMILES string of the molecule is CCN(Cc1cc(-c2cccc(C)c2)on1)c1nnc(-c2cn[nH]c(=O)c2)n1C. The smallest absolute Gasteiger partial charge is 0.264 e. The Hall–Kier alpha value is -3.75. The lowest BCUT2D eigenvalue weighted by Crippen LogP contribution is -2.25. The third-order valence-corrected chi connectivity index (χ3v) is 4.65. The van der Waals surface area contributed by atoms with Crippen molar-refractivity contribution in [1.82, 2.24) is 30.1 Å². The highest BCUT2D eigenvalue weighted by atomic mass is 16.5. The van der Waals surface area contributed by atoms with Crippen molar-refractivity contribution >= 4 is 5.95 Å². The molecular formula is C20H21N7O2. The molecule has 0 aliphatic heterocycles. The number of aromatic nitrogens is 6. The fourth-order valence-electron chi connectivity index (χ4n) is 3.19. The van der Waals surface area contributed by atoms with Crippen molar-refractivity contribution in [3.8, 4) is 22.7 Å². The Morgan fingerprint density at radius 1 is 1.17 bits per heavy atom. The first kappa shape index (κ1) is 18.6. The third-order valence-electron chi connectivity index (χ3n) is 4.65. The number of hydrogen-bond acceptors (Lipinski definition) is 7. The summed E-state index contributed by atoms with van der Waals surface area (Å²) in [4.78, 5) is 13.6. The molecule has 0 saturated carbocycles. The van der Waals surface area contributed by atoms with Crippen molar-refractivity contribution in [1.29, 1.82) is 0 Å². The van der Waals surface area contributed by atoms with Gasteiger partial charge in [-0.05, 0) is 19.9 Å². The summed E-state index contributed by atoms with van der Waals surface area (Å²) in [7, 11) is 1.86. The van der Waals surface area contributed by atoms with Gasteiger partial charge in [-0.2, -0.15) is 5.10 Å². The molecule has 1 aromatic carbocycles. The van der Waals surface area contributed by atoms with E-state index in [9.17, 15) is 4.79 Å². The Morgan fingerprint density at radius 2 is 2.03 bits per heavy atom. The van der Waals surface area contributed by atoms with Crippen molar-refractivity contribution in [3.05, 3.63) is 64.2 Å². The van der Waals surface area contributed by atoms with Gasteiger partial charge in [-0.15, -0.1) is 10.2 Å². The maximum absolute atomic E-state index is 11.5. The first-order chi connectivity index (χ1) is 14.0. The topological polar surface area (TPSA) is 106 Å². The molecule has 3 aromatic heterocycles. The second-order valence-corrected chi connectivity index (χ2v) is 6.78. The molecule has 9 nitrogen and oxygen atoms in total. The molecule has 0 aliphatic carbocycles. The molecule has 3 heterocycles. The maximum Gasteiger partial charge on any atom is 0.264 e. The van der Waals surface area contributed by atoms with Gasteiger partial charge in [0.05, 0.1) is 12.7 Å². The number of aromatic amines is 1. The average Bonchev–Trinajstić information content (AvgIpc) is 3.33. The summed E-state index contributed by atoms with van der Waals surface area (Å²) in [5.41, 5.74) is 3.27. The molecule has 29 heavy (non-hydrogen) atoms. The van der Waals surface area contributed by atoms with Gasteiger partial charge in [-0.3, -0.25) is 9.36 Å². The maximum atomic E-state index is 11.5. The van der Waals surface area contributed by atoms with Gasteiger partial charge in [-0.25, -0.2) is 5.10 Å². The quantitative estimate of drug-likeness (QED) is 0.538. The number of H-pyrrole nitrogens is 1. The van der Waals surface area contributed by atoms with E-state index in [-0.39, 0.29) is 5.56 Å². The minimum Gasteiger partial charge on any atom is -0.356 e. The lowest BCUT2D eigenvalue weighted by molar-refractivity contribution is 0.422. The molecule has 9 heteroatoms. The zero-order valence-electron chi connectivity index (χ0n) is 16.5. The second kappa shape index (κ2) is 7.70. The molecule has 0 atom stereocenters. The summed E-state index contributed by atoms with van der Waals surface area (Å²) in [5, 5.41) is 18.9. The van der Waals surface area contributed by atoms with E-state index < -0.39 is 0 Å². The van der Waals surface area contributed by atoms with Gasteiger partial charge in [0.2, 0.25) is 5.95 Å². The predicted molar refractivity (Wildman–Crippen MR) is 108 cm³/mol. The highest BCUT2D eigenvalue weighted by molar-refractivity contribution is 5.59. The molecule has 4 aromatic rings. The lowest BCUT2D eigenvalue weighted by Gasteiger charge is -2.20. The first-order valence-corrected chi connectivity index (χ1v) is 9.27. The van der Waals surface area contributed by atoms with Crippen LogP contribution in [0.5, 0.6) is 0 Å². The van der Waals surface area contributed by atoms with Gasteiger partial charge in [0, 0.05) is 36.9 Å². The molecule has 148 valence electrons. The average molecular weight is 391 g/mol. The molecular weight excluding hydrogens is 370 g/mol. The van der Waals surface area contributed by atoms with Crippen molar-refractivity contribution in [2.24, 2.45) is 7.05 Å². The number of nitrogens with zero attached hydrogens (tertiary/aromatic N) is 6. The molecule has 0 unspecified atom stereocenters. The van der Waals surface area contributed by atoms with E-state index in [1.807, 2.05) is 54.6 Å². The van der Waals surface area contributed by atoms with Gasteiger partial charge < -0.3 is 9.42 Å². The number of benzene rings is 1. The molecule has 0 aliphatic rings. The molecule has 1 N–H and O–H groups in total. The van der Waals surface area contributed by atoms with Crippen molar-refractivity contribution in [3.63, 3.8) is 0 Å². The third kappa shape index (κ3) is 3.79. The minimum atomic E-state index is -0.286. The van der Waals surface area contributed by atoms with Crippen molar-refractivity contribution in [2.45, 2.75) is 20.4 Å². The van der Waals surface area contributed by atoms with Gasteiger partial charge in [0.25, 0.3) is 5.56 Å². The van der Waals surface area contributed by atoms with Crippen LogP contribution in [0.25, 0.3) is 22.7 Å². The molecule has 0 amide bonds. The summed E-state index contributed by atoms with van der Waals surface area (Å²) < 4.78 is 7.37. The monoisotopic (exact) mass is 391 g/mol. The zero-order chi connectivity index (χ0) is 20.4. The largest absolute Gasteiger partial charge is 0.356 e. The number of hydrogen-bond donors (Lipinski definition) is 1. The van der Waals surface area contributed by atoms with Crippen LogP contribution in [0.15, 0.2) is 51.9 Å². The lowest BCUT2D eigenvalue weighted by atomic mass is 10.1. The van der Waals surface area contributed by atoms with Crippen LogP contribution in [-0.2, 0) is 13.6 Å². The van der Waals surface area contributed by atoms with Gasteiger partial charge >= 0.3 is 0 Å². The fourth-order valence-corrected chi connectivity index (χ4v) is 3.19. The van der Waals surface area contributed by atoms with E-state index in [1.165, 1.54) is 6.07 Å². The van der Waals surface area contributed by atoms with E-state index in [4.69, 9.17) is 4.52 Å². The van der Waals surface area contributed by atoms with E-state index >= 15 is 0 Å². The van der Waals surface area contributed by atoms with E-state index in [2.05, 4.69) is 31.6 Å². The Bertz CT molecular complexity index is 1190. The van der Waals surface area contributed by atoms with Crippen LogP contribution in [-0.4, -0.2) is 36.7 Å². The molecule has 4 rings (SSSR count). The van der Waals surface area contributed by atoms with Crippen molar-refractivity contribution in [2.75, 3.05) is 11.4 Å². The first-order valence-electron chi connectivity index (χ1n) is 9.27. The van der Waals surface area contributed by atoms with Crippen LogP contribution >= 0.6 is 0 Å². The van der Waals surface area contributed by atoms with Crippen LogP contribution in [0.4, 0.5) is 5.95 Å². The van der Waals surface area contributed by atoms with E-state index in [0.717, 1.165) is 22.6 Å². The van der Waals surface area contributed by atoms with Gasteiger partial charge in [0.1, 0.15) is 5.69 Å². The standard InChI is InChI=1S/C20H21N7O2/c1-4-27(12-16-10-17(29-25-16)14-7-5-6-13(2)8-14)20-24-23-19(26(20)3)15-9-18(28)22-21-11-15/h5-11H,4,12H2,1-3H3,(H,22,28). The Labute approximate surface area is 167 Å². The summed E-state index contributed by atoms with van der Waals surface area (Å²) in [5.74, 6) is 1.97. The molecule has 0 radical (unpaired) electrons. The molecule has 0 spiro atoms. The molecule has 0 fully saturated rings. The molecule has 0 bridgehead atoms. The minimum absolute atomic E-state index is 0.286. The normalized spacial score (nSPS) is 11.0. The van der Waals surface area contributed by atoms with Crippen LogP contribution in [0.2, 0.25) is 0 Å². The molecule has 0 saturated heterocycles. The van der Waals surface area contributed by atoms with Gasteiger partial charge in [-0.1, -0.05) is 28.9 Å². The highest BCUT2D eigenvalue weighted by Gasteiger charge is 2.18. The van der Waals surface area contributed by atoms with E-state index in [1.54, 1.807) is 6.20 Å². The summed E-state index contributed by atoms with van der Waals surface area (Å²) in [6.45, 7) is 5.30.